The molecule has 1 aliphatic carbocycles. The number of fused-ring (bicyclic) bond motifs is 2. The number of rotatable bonds is 4. The highest BCUT2D eigenvalue weighted by Gasteiger charge is 2.57. The van der Waals surface area contributed by atoms with E-state index in [1.54, 1.807) is 23.1 Å². The predicted octanol–water partition coefficient (Wildman–Crippen LogP) is 4.25. The first kappa shape index (κ1) is 21.7. The number of carbonyl (C=O) groups is 1. The highest BCUT2D eigenvalue weighted by molar-refractivity contribution is 5.87. The molecule has 4 N–H and O–H groups in total. The molecule has 4 rings (SSSR count). The zero-order valence-corrected chi connectivity index (χ0v) is 17.0. The van der Waals surface area contributed by atoms with Crippen molar-refractivity contribution in [2.75, 3.05) is 6.54 Å². The lowest BCUT2D eigenvalue weighted by atomic mass is 9.71. The Morgan fingerprint density at radius 1 is 1.19 bits per heavy atom. The standard InChI is InChI=1S/C22H26F3N3O3/c23-22(24,25)21(31,16-12-27-17-8-2-1-5-15(16)17)11-19(26)28-10-4-7-13-14(20(29)30)6-3-9-18(13)28/h1-2,5,8,12-14,18,26-27,31H,3-4,6-7,9-11H2,(H,29,30). The van der Waals surface area contributed by atoms with Crippen LogP contribution in [0, 0.1) is 17.2 Å². The molecular weight excluding hydrogens is 411 g/mol. The Balaban J connectivity index is 1.65. The highest BCUT2D eigenvalue weighted by atomic mass is 19.4. The van der Waals surface area contributed by atoms with Crippen LogP contribution in [-0.2, 0) is 10.4 Å². The Morgan fingerprint density at radius 2 is 1.94 bits per heavy atom. The number of aromatic nitrogens is 1. The average Bonchev–Trinajstić information content (AvgIpc) is 3.16. The van der Waals surface area contributed by atoms with Crippen LogP contribution in [0.1, 0.15) is 44.1 Å². The van der Waals surface area contributed by atoms with Crippen LogP contribution in [0.25, 0.3) is 10.9 Å². The summed E-state index contributed by atoms with van der Waals surface area (Å²) in [7, 11) is 0. The predicted molar refractivity (Wildman–Crippen MR) is 109 cm³/mol. The smallest absolute Gasteiger partial charge is 0.421 e. The molecule has 1 aromatic carbocycles. The van der Waals surface area contributed by atoms with E-state index < -0.39 is 30.1 Å². The maximum absolute atomic E-state index is 14.2. The molecule has 9 heteroatoms. The van der Waals surface area contributed by atoms with Gasteiger partial charge in [-0.05, 0) is 37.7 Å². The van der Waals surface area contributed by atoms with Crippen LogP contribution in [0.5, 0.6) is 0 Å². The number of nitrogens with zero attached hydrogens (tertiary/aromatic N) is 1. The first-order valence-electron chi connectivity index (χ1n) is 10.6. The number of carboxylic acids is 1. The summed E-state index contributed by atoms with van der Waals surface area (Å²) in [5.74, 6) is -1.91. The van der Waals surface area contributed by atoms with Crippen LogP contribution in [0.2, 0.25) is 0 Å². The van der Waals surface area contributed by atoms with Crippen molar-refractivity contribution in [3.05, 3.63) is 36.0 Å². The maximum atomic E-state index is 14.2. The number of nitrogens with one attached hydrogen (secondary N) is 2. The normalized spacial score (nSPS) is 26.3. The van der Waals surface area contributed by atoms with E-state index >= 15 is 0 Å². The van der Waals surface area contributed by atoms with Crippen LogP contribution in [0.4, 0.5) is 13.2 Å². The molecule has 2 heterocycles. The van der Waals surface area contributed by atoms with Gasteiger partial charge in [0.2, 0.25) is 0 Å². The zero-order valence-electron chi connectivity index (χ0n) is 17.0. The van der Waals surface area contributed by atoms with Gasteiger partial charge in [-0.1, -0.05) is 24.6 Å². The van der Waals surface area contributed by atoms with Crippen molar-refractivity contribution in [2.45, 2.75) is 56.3 Å². The first-order valence-corrected chi connectivity index (χ1v) is 10.6. The molecule has 0 amide bonds. The van der Waals surface area contributed by atoms with E-state index in [4.69, 9.17) is 5.41 Å². The third kappa shape index (κ3) is 3.69. The lowest BCUT2D eigenvalue weighted by Crippen LogP contribution is -2.55. The van der Waals surface area contributed by atoms with E-state index in [0.29, 0.717) is 44.2 Å². The van der Waals surface area contributed by atoms with Crippen LogP contribution in [0.3, 0.4) is 0 Å². The largest absolute Gasteiger partial charge is 0.481 e. The van der Waals surface area contributed by atoms with Crippen LogP contribution < -0.4 is 0 Å². The number of benzene rings is 1. The van der Waals surface area contributed by atoms with E-state index in [9.17, 15) is 28.2 Å². The molecule has 31 heavy (non-hydrogen) atoms. The number of carboxylic acid groups (broad SMARTS) is 1. The van der Waals surface area contributed by atoms with Crippen molar-refractivity contribution in [1.82, 2.24) is 9.88 Å². The number of hydrogen-bond donors (Lipinski definition) is 4. The maximum Gasteiger partial charge on any atom is 0.421 e. The Bertz CT molecular complexity index is 989. The summed E-state index contributed by atoms with van der Waals surface area (Å²) < 4.78 is 42.5. The van der Waals surface area contributed by atoms with Gasteiger partial charge in [-0.2, -0.15) is 13.2 Å². The average molecular weight is 437 g/mol. The molecular formula is C22H26F3N3O3. The van der Waals surface area contributed by atoms with Gasteiger partial charge in [-0.15, -0.1) is 0 Å². The molecule has 1 aliphatic heterocycles. The molecule has 6 nitrogen and oxygen atoms in total. The van der Waals surface area contributed by atoms with E-state index in [0.717, 1.165) is 6.20 Å². The summed E-state index contributed by atoms with van der Waals surface area (Å²) in [4.78, 5) is 16.0. The third-order valence-electron chi connectivity index (χ3n) is 6.95. The Hall–Kier alpha value is -2.55. The Kier molecular flexibility index (Phi) is 5.49. The number of likely N-dealkylation sites (tertiary alicyclic amines) is 1. The summed E-state index contributed by atoms with van der Waals surface area (Å²) in [6.45, 7) is 0.397. The monoisotopic (exact) mass is 437 g/mol. The lowest BCUT2D eigenvalue weighted by Gasteiger charge is -2.48. The van der Waals surface area contributed by atoms with E-state index in [1.165, 1.54) is 6.07 Å². The number of halogens is 3. The fraction of sp³-hybridized carbons (Fsp3) is 0.545. The molecule has 1 saturated heterocycles. The van der Waals surface area contributed by atoms with Crippen molar-refractivity contribution in [3.63, 3.8) is 0 Å². The molecule has 1 saturated carbocycles. The number of H-pyrrole nitrogens is 1. The van der Waals surface area contributed by atoms with Crippen LogP contribution in [-0.4, -0.2) is 50.7 Å². The summed E-state index contributed by atoms with van der Waals surface area (Å²) in [6.07, 6.45) is -1.58. The molecule has 2 aromatic rings. The SMILES string of the molecule is N=C(CC(O)(c1c[nH]c2ccccc12)C(F)(F)F)N1CCCC2C(C(=O)O)CCCC21. The number of hydrogen-bond acceptors (Lipinski definition) is 3. The second-order valence-electron chi connectivity index (χ2n) is 8.67. The number of para-hydroxylation sites is 1. The molecule has 2 fully saturated rings. The summed E-state index contributed by atoms with van der Waals surface area (Å²) >= 11 is 0. The number of aliphatic carboxylic acids is 1. The highest BCUT2D eigenvalue weighted by Crippen LogP contribution is 2.46. The fourth-order valence-corrected chi connectivity index (χ4v) is 5.43. The second-order valence-corrected chi connectivity index (χ2v) is 8.67. The third-order valence-corrected chi connectivity index (χ3v) is 6.95. The van der Waals surface area contributed by atoms with Gasteiger partial charge in [0.05, 0.1) is 11.8 Å². The number of amidine groups is 1. The Morgan fingerprint density at radius 3 is 2.65 bits per heavy atom. The van der Waals surface area contributed by atoms with Crippen LogP contribution in [0.15, 0.2) is 30.5 Å². The van der Waals surface area contributed by atoms with Crippen molar-refractivity contribution < 1.29 is 28.2 Å². The first-order chi connectivity index (χ1) is 14.6. The zero-order chi connectivity index (χ0) is 22.4. The van der Waals surface area contributed by atoms with Gasteiger partial charge in [-0.25, -0.2) is 0 Å². The molecule has 1 aromatic heterocycles. The van der Waals surface area contributed by atoms with E-state index in [-0.39, 0.29) is 28.7 Å². The quantitative estimate of drug-likeness (QED) is 0.424. The molecule has 0 radical (unpaired) electrons. The molecule has 4 atom stereocenters. The number of piperidine rings is 1. The van der Waals surface area contributed by atoms with Crippen molar-refractivity contribution in [2.24, 2.45) is 11.8 Å². The molecule has 0 bridgehead atoms. The summed E-state index contributed by atoms with van der Waals surface area (Å²) in [5, 5.41) is 29.3. The van der Waals surface area contributed by atoms with Gasteiger partial charge in [0.15, 0.2) is 5.60 Å². The minimum absolute atomic E-state index is 0.188. The van der Waals surface area contributed by atoms with Gasteiger partial charge < -0.3 is 20.1 Å². The van der Waals surface area contributed by atoms with Crippen molar-refractivity contribution >= 4 is 22.7 Å². The van der Waals surface area contributed by atoms with Crippen molar-refractivity contribution in [3.8, 4) is 0 Å². The molecule has 0 spiro atoms. The molecule has 2 aliphatic rings. The van der Waals surface area contributed by atoms with E-state index in [2.05, 4.69) is 4.98 Å². The van der Waals surface area contributed by atoms with Crippen LogP contribution >= 0.6 is 0 Å². The topological polar surface area (TPSA) is 100 Å². The minimum Gasteiger partial charge on any atom is -0.481 e. The molecule has 4 unspecified atom stereocenters. The second kappa shape index (κ2) is 7.85. The fourth-order valence-electron chi connectivity index (χ4n) is 5.43. The number of alkyl halides is 3. The number of aromatic amines is 1. The lowest BCUT2D eigenvalue weighted by molar-refractivity contribution is -0.263. The van der Waals surface area contributed by atoms with Gasteiger partial charge in [-0.3, -0.25) is 10.2 Å². The summed E-state index contributed by atoms with van der Waals surface area (Å²) in [5.41, 5.74) is -3.06. The van der Waals surface area contributed by atoms with Gasteiger partial charge in [0, 0.05) is 41.7 Å². The van der Waals surface area contributed by atoms with Gasteiger partial charge >= 0.3 is 12.1 Å². The van der Waals surface area contributed by atoms with Crippen molar-refractivity contribution in [1.29, 1.82) is 5.41 Å². The minimum atomic E-state index is -4.99. The Labute approximate surface area is 177 Å². The van der Waals surface area contributed by atoms with Gasteiger partial charge in [0.1, 0.15) is 0 Å². The number of aliphatic hydroxyl groups is 1. The molecule has 168 valence electrons. The summed E-state index contributed by atoms with van der Waals surface area (Å²) in [6, 6.07) is 6.15. The van der Waals surface area contributed by atoms with E-state index in [1.807, 2.05) is 0 Å². The van der Waals surface area contributed by atoms with Gasteiger partial charge in [0.25, 0.3) is 0 Å².